The van der Waals surface area contributed by atoms with Crippen LogP contribution in [0, 0.1) is 0 Å². The van der Waals surface area contributed by atoms with Crippen molar-refractivity contribution in [3.63, 3.8) is 0 Å². The van der Waals surface area contributed by atoms with Crippen molar-refractivity contribution in [2.24, 2.45) is 0 Å². The van der Waals surface area contributed by atoms with Gasteiger partial charge in [-0.1, -0.05) is 6.07 Å². The van der Waals surface area contributed by atoms with E-state index in [1.54, 1.807) is 12.4 Å². The van der Waals surface area contributed by atoms with Crippen molar-refractivity contribution in [2.45, 2.75) is 13.5 Å². The highest BCUT2D eigenvalue weighted by molar-refractivity contribution is 5.74. The van der Waals surface area contributed by atoms with Gasteiger partial charge in [-0.3, -0.25) is 9.97 Å². The zero-order valence-corrected chi connectivity index (χ0v) is 10.6. The van der Waals surface area contributed by atoms with Gasteiger partial charge in [-0.15, -0.1) is 0 Å². The molecule has 0 unspecified atom stereocenters. The van der Waals surface area contributed by atoms with E-state index in [2.05, 4.69) is 45.2 Å². The first-order valence-corrected chi connectivity index (χ1v) is 6.15. The van der Waals surface area contributed by atoms with Crippen molar-refractivity contribution in [1.29, 1.82) is 0 Å². The molecular weight excluding hydrogens is 238 g/mol. The van der Waals surface area contributed by atoms with Gasteiger partial charge in [0.15, 0.2) is 0 Å². The third kappa shape index (κ3) is 2.49. The van der Waals surface area contributed by atoms with Crippen molar-refractivity contribution >= 4 is 11.0 Å². The third-order valence-corrected chi connectivity index (χ3v) is 3.03. The van der Waals surface area contributed by atoms with E-state index in [9.17, 15) is 0 Å². The Balaban J connectivity index is 1.75. The molecule has 1 aromatic carbocycles. The van der Waals surface area contributed by atoms with Crippen LogP contribution in [-0.2, 0) is 6.54 Å². The maximum atomic E-state index is 4.31. The van der Waals surface area contributed by atoms with Crippen LogP contribution in [0.3, 0.4) is 0 Å². The van der Waals surface area contributed by atoms with Crippen LogP contribution in [0.25, 0.3) is 11.0 Å². The van der Waals surface area contributed by atoms with Crippen LogP contribution in [0.5, 0.6) is 0 Å². The number of rotatable bonds is 3. The van der Waals surface area contributed by atoms with E-state index in [1.165, 1.54) is 11.1 Å². The highest BCUT2D eigenvalue weighted by atomic mass is 15.3. The van der Waals surface area contributed by atoms with Crippen molar-refractivity contribution in [3.8, 4) is 0 Å². The van der Waals surface area contributed by atoms with Gasteiger partial charge in [-0.2, -0.15) is 0 Å². The van der Waals surface area contributed by atoms with Crippen LogP contribution in [0.4, 0.5) is 0 Å². The second kappa shape index (κ2) is 4.97. The van der Waals surface area contributed by atoms with E-state index < -0.39 is 0 Å². The molecule has 1 aliphatic rings. The number of hydrogen-bond acceptors (Lipinski definition) is 5. The molecule has 96 valence electrons. The minimum Gasteiger partial charge on any atom is -0.379 e. The van der Waals surface area contributed by atoms with Gasteiger partial charge in [0.05, 0.1) is 16.7 Å². The quantitative estimate of drug-likeness (QED) is 0.775. The summed E-state index contributed by atoms with van der Waals surface area (Å²) in [6.45, 7) is 2.81. The highest BCUT2D eigenvalue weighted by Gasteiger charge is 2.04. The predicted octanol–water partition coefficient (Wildman–Crippen LogP) is 1.57. The second-order valence-corrected chi connectivity index (χ2v) is 4.41. The minimum absolute atomic E-state index is 0.755. The van der Waals surface area contributed by atoms with E-state index >= 15 is 0 Å². The first-order valence-electron chi connectivity index (χ1n) is 6.15. The Morgan fingerprint density at radius 3 is 2.68 bits per heavy atom. The molecule has 0 atom stereocenters. The average Bonchev–Trinajstić information content (AvgIpc) is 2.46. The fourth-order valence-electron chi connectivity index (χ4n) is 1.96. The van der Waals surface area contributed by atoms with Gasteiger partial charge in [-0.25, -0.2) is 0 Å². The van der Waals surface area contributed by atoms with E-state index in [4.69, 9.17) is 0 Å². The van der Waals surface area contributed by atoms with Gasteiger partial charge in [0.1, 0.15) is 0 Å². The number of nitrogens with one attached hydrogen (secondary N) is 3. The maximum absolute atomic E-state index is 4.31. The second-order valence-electron chi connectivity index (χ2n) is 4.41. The van der Waals surface area contributed by atoms with Crippen LogP contribution in [0.2, 0.25) is 0 Å². The maximum Gasteiger partial charge on any atom is 0.0890 e. The smallest absolute Gasteiger partial charge is 0.0890 e. The van der Waals surface area contributed by atoms with E-state index in [1.807, 2.05) is 18.5 Å². The molecule has 5 nitrogen and oxygen atoms in total. The van der Waals surface area contributed by atoms with E-state index in [0.717, 1.165) is 23.3 Å². The van der Waals surface area contributed by atoms with Crippen LogP contribution < -0.4 is 16.2 Å². The Morgan fingerprint density at radius 2 is 1.84 bits per heavy atom. The number of fused-ring (bicyclic) bond motifs is 1. The predicted molar refractivity (Wildman–Crippen MR) is 74.5 cm³/mol. The zero-order chi connectivity index (χ0) is 13.1. The summed E-state index contributed by atoms with van der Waals surface area (Å²) in [5.74, 6) is 0. The van der Waals surface area contributed by atoms with Crippen molar-refractivity contribution in [1.82, 2.24) is 26.1 Å². The fourth-order valence-corrected chi connectivity index (χ4v) is 1.96. The first kappa shape index (κ1) is 11.5. The Hall–Kier alpha value is -2.56. The molecule has 3 N–H and O–H groups in total. The molecule has 1 aliphatic heterocycles. The molecule has 19 heavy (non-hydrogen) atoms. The van der Waals surface area contributed by atoms with Gasteiger partial charge in [0.2, 0.25) is 0 Å². The molecular formula is C14H15N5. The lowest BCUT2D eigenvalue weighted by atomic mass is 10.1. The summed E-state index contributed by atoms with van der Waals surface area (Å²) in [7, 11) is 0. The number of aromatic nitrogens is 2. The summed E-state index contributed by atoms with van der Waals surface area (Å²) in [5, 5.41) is 3.39. The van der Waals surface area contributed by atoms with Crippen LogP contribution in [0.15, 0.2) is 54.3 Å². The molecule has 0 bridgehead atoms. The van der Waals surface area contributed by atoms with Crippen LogP contribution >= 0.6 is 0 Å². The van der Waals surface area contributed by atoms with E-state index in [-0.39, 0.29) is 0 Å². The van der Waals surface area contributed by atoms with Crippen LogP contribution in [-0.4, -0.2) is 9.97 Å². The monoisotopic (exact) mass is 253 g/mol. The lowest BCUT2D eigenvalue weighted by Gasteiger charge is -2.17. The van der Waals surface area contributed by atoms with Crippen molar-refractivity contribution < 1.29 is 0 Å². The third-order valence-electron chi connectivity index (χ3n) is 3.03. The van der Waals surface area contributed by atoms with Crippen molar-refractivity contribution in [2.75, 3.05) is 0 Å². The molecule has 1 aromatic heterocycles. The van der Waals surface area contributed by atoms with Crippen LogP contribution in [0.1, 0.15) is 12.5 Å². The van der Waals surface area contributed by atoms with Gasteiger partial charge in [0.25, 0.3) is 0 Å². The standard InChI is InChI=1S/C14H15N5/c1-10-7-18-19-9-14(10)17-8-11-2-3-12-13(6-11)16-5-4-15-12/h2-7,9,17-19H,8H2,1H3. The minimum atomic E-state index is 0.755. The average molecular weight is 253 g/mol. The first-order chi connectivity index (χ1) is 9.33. The summed E-state index contributed by atoms with van der Waals surface area (Å²) < 4.78 is 0. The number of benzene rings is 1. The number of allylic oxidation sites excluding steroid dienone is 1. The molecule has 0 amide bonds. The van der Waals surface area contributed by atoms with Crippen molar-refractivity contribution in [3.05, 3.63) is 59.8 Å². The van der Waals surface area contributed by atoms with E-state index in [0.29, 0.717) is 0 Å². The summed E-state index contributed by atoms with van der Waals surface area (Å²) in [6.07, 6.45) is 7.26. The molecule has 0 spiro atoms. The van der Waals surface area contributed by atoms with Gasteiger partial charge in [-0.05, 0) is 30.2 Å². The Kier molecular flexibility index (Phi) is 3.02. The molecule has 0 saturated heterocycles. The number of nitrogens with zero attached hydrogens (tertiary/aromatic N) is 2. The molecule has 3 rings (SSSR count). The normalized spacial score (nSPS) is 14.2. The summed E-state index contributed by atoms with van der Waals surface area (Å²) in [5.41, 5.74) is 11.2. The lowest BCUT2D eigenvalue weighted by Crippen LogP contribution is -2.29. The summed E-state index contributed by atoms with van der Waals surface area (Å²) >= 11 is 0. The molecule has 5 heteroatoms. The number of hydrogen-bond donors (Lipinski definition) is 3. The highest BCUT2D eigenvalue weighted by Crippen LogP contribution is 2.12. The largest absolute Gasteiger partial charge is 0.379 e. The molecule has 0 saturated carbocycles. The molecule has 2 aromatic rings. The topological polar surface area (TPSA) is 61.9 Å². The molecule has 0 fully saturated rings. The summed E-state index contributed by atoms with van der Waals surface area (Å²) in [6, 6.07) is 6.12. The zero-order valence-electron chi connectivity index (χ0n) is 10.6. The lowest BCUT2D eigenvalue weighted by molar-refractivity contribution is 0.708. The SMILES string of the molecule is CC1=CNNC=C1NCc1ccc2nccnc2c1. The Bertz CT molecular complexity index is 660. The molecule has 0 aliphatic carbocycles. The van der Waals surface area contributed by atoms with Gasteiger partial charge < -0.3 is 16.2 Å². The van der Waals surface area contributed by atoms with Gasteiger partial charge in [0, 0.05) is 31.3 Å². The Morgan fingerprint density at radius 1 is 1.05 bits per heavy atom. The summed E-state index contributed by atoms with van der Waals surface area (Å²) in [4.78, 5) is 8.58. The molecule has 0 radical (unpaired) electrons. The fraction of sp³-hybridized carbons (Fsp3) is 0.143. The Labute approximate surface area is 111 Å². The van der Waals surface area contributed by atoms with Gasteiger partial charge >= 0.3 is 0 Å². The number of hydrazine groups is 1. The molecule has 2 heterocycles.